The molecule has 2 aromatic carbocycles. The number of ether oxygens (including phenoxy) is 2. The Morgan fingerprint density at radius 2 is 1.70 bits per heavy atom. The average Bonchev–Trinajstić information content (AvgIpc) is 2.52. The van der Waals surface area contributed by atoms with Crippen LogP contribution in [0.5, 0.6) is 17.2 Å². The Labute approximate surface area is 199 Å². The van der Waals surface area contributed by atoms with Gasteiger partial charge in [-0.3, -0.25) is 4.79 Å². The molecule has 146 valence electrons. The van der Waals surface area contributed by atoms with Crippen molar-refractivity contribution in [2.75, 3.05) is 0 Å². The van der Waals surface area contributed by atoms with E-state index in [1.165, 1.54) is 0 Å². The van der Waals surface area contributed by atoms with Gasteiger partial charge in [0.05, 0.1) is 10.7 Å². The Morgan fingerprint density at radius 3 is 2.19 bits per heavy atom. The van der Waals surface area contributed by atoms with Gasteiger partial charge in [-0.25, -0.2) is 0 Å². The molecule has 0 aliphatic rings. The maximum Gasteiger partial charge on any atom is 0.320 e. The van der Waals surface area contributed by atoms with Crippen molar-refractivity contribution in [3.05, 3.63) is 46.6 Å². The summed E-state index contributed by atoms with van der Waals surface area (Å²) in [4.78, 5) is 11.0. The zero-order valence-corrected chi connectivity index (χ0v) is 21.5. The van der Waals surface area contributed by atoms with Crippen LogP contribution in [-0.4, -0.2) is 22.7 Å². The second-order valence-corrected chi connectivity index (χ2v) is 10.4. The Balaban J connectivity index is 2.22. The van der Waals surface area contributed by atoms with Crippen molar-refractivity contribution in [1.29, 1.82) is 0 Å². The van der Waals surface area contributed by atoms with Gasteiger partial charge in [-0.15, -0.1) is 0 Å². The number of benzene rings is 2. The third kappa shape index (κ3) is 6.89. The summed E-state index contributed by atoms with van der Waals surface area (Å²) in [6, 6.07) is 8.61. The van der Waals surface area contributed by atoms with E-state index in [1.54, 1.807) is 0 Å². The highest BCUT2D eigenvalue weighted by atomic mass is 127. The van der Waals surface area contributed by atoms with Gasteiger partial charge in [0.2, 0.25) is 0 Å². The van der Waals surface area contributed by atoms with Crippen molar-refractivity contribution < 1.29 is 19.4 Å². The number of aliphatic carboxylic acids is 1. The predicted octanol–water partition coefficient (Wildman–Crippen LogP) is 5.42. The molecule has 3 N–H and O–H groups in total. The average molecular weight is 707 g/mol. The van der Waals surface area contributed by atoms with Crippen molar-refractivity contribution >= 4 is 73.7 Å². The normalized spacial score (nSPS) is 12.6. The molecule has 0 spiro atoms. The van der Waals surface area contributed by atoms with Gasteiger partial charge < -0.3 is 20.3 Å². The van der Waals surface area contributed by atoms with E-state index < -0.39 is 12.0 Å². The molecule has 2 aromatic rings. The van der Waals surface area contributed by atoms with Crippen molar-refractivity contribution in [3.8, 4) is 17.2 Å². The molecule has 8 heteroatoms. The monoisotopic (exact) mass is 707 g/mol. The molecule has 1 atom stereocenters. The fraction of sp³-hybridized carbons (Fsp3) is 0.316. The summed E-state index contributed by atoms with van der Waals surface area (Å²) < 4.78 is 14.8. The molecule has 0 amide bonds. The standard InChI is InChI=1S/C19H20I3NO4/c1-19(2,3)27-16-5-4-11(9-12(16)20)26-17-13(21)6-10(7-14(17)22)8-15(23)18(24)25/h4-7,9,15H,8,23H2,1-3H3,(H,24,25)/t15-/m0/s1. The lowest BCUT2D eigenvalue weighted by molar-refractivity contribution is -0.138. The summed E-state index contributed by atoms with van der Waals surface area (Å²) in [5, 5.41) is 8.99. The predicted molar refractivity (Wildman–Crippen MR) is 131 cm³/mol. The van der Waals surface area contributed by atoms with Crippen LogP contribution in [-0.2, 0) is 11.2 Å². The molecule has 27 heavy (non-hydrogen) atoms. The molecule has 0 unspecified atom stereocenters. The molecule has 0 aromatic heterocycles. The molecular weight excluding hydrogens is 687 g/mol. The number of hydrogen-bond acceptors (Lipinski definition) is 4. The number of carbonyl (C=O) groups is 1. The van der Waals surface area contributed by atoms with Crippen molar-refractivity contribution in [1.82, 2.24) is 0 Å². The number of carboxylic acid groups (broad SMARTS) is 1. The highest BCUT2D eigenvalue weighted by molar-refractivity contribution is 14.1. The van der Waals surface area contributed by atoms with Crippen LogP contribution in [0.2, 0.25) is 0 Å². The van der Waals surface area contributed by atoms with Gasteiger partial charge >= 0.3 is 5.97 Å². The molecule has 0 aliphatic carbocycles. The first-order valence-electron chi connectivity index (χ1n) is 8.09. The zero-order valence-electron chi connectivity index (χ0n) is 15.1. The van der Waals surface area contributed by atoms with Crippen LogP contribution in [0.15, 0.2) is 30.3 Å². The Morgan fingerprint density at radius 1 is 1.11 bits per heavy atom. The molecule has 2 rings (SSSR count). The Hall–Kier alpha value is -0.340. The maximum absolute atomic E-state index is 11.0. The molecule has 0 radical (unpaired) electrons. The van der Waals surface area contributed by atoms with Gasteiger partial charge in [-0.05, 0) is 131 Å². The van der Waals surface area contributed by atoms with Gasteiger partial charge in [0.25, 0.3) is 0 Å². The van der Waals surface area contributed by atoms with E-state index in [0.717, 1.165) is 27.8 Å². The second-order valence-electron chi connectivity index (χ2n) is 6.95. The highest BCUT2D eigenvalue weighted by Crippen LogP contribution is 2.35. The number of hydrogen-bond donors (Lipinski definition) is 2. The fourth-order valence-corrected chi connectivity index (χ4v) is 4.96. The summed E-state index contributed by atoms with van der Waals surface area (Å²) in [6.07, 6.45) is 0.276. The fourth-order valence-electron chi connectivity index (χ4n) is 2.24. The van der Waals surface area contributed by atoms with E-state index in [1.807, 2.05) is 51.1 Å². The van der Waals surface area contributed by atoms with E-state index in [-0.39, 0.29) is 12.0 Å². The summed E-state index contributed by atoms with van der Waals surface area (Å²) in [6.45, 7) is 6.03. The van der Waals surface area contributed by atoms with Gasteiger partial charge in [-0.1, -0.05) is 0 Å². The minimum atomic E-state index is -1.01. The number of rotatable bonds is 6. The smallest absolute Gasteiger partial charge is 0.320 e. The minimum absolute atomic E-state index is 0.264. The van der Waals surface area contributed by atoms with Crippen LogP contribution in [0.25, 0.3) is 0 Å². The molecule has 0 saturated carbocycles. The lowest BCUT2D eigenvalue weighted by Crippen LogP contribution is -2.32. The summed E-state index contributed by atoms with van der Waals surface area (Å²) in [5.74, 6) is 1.26. The van der Waals surface area contributed by atoms with Gasteiger partial charge in [-0.2, -0.15) is 0 Å². The lowest BCUT2D eigenvalue weighted by Gasteiger charge is -2.22. The molecule has 0 aliphatic heterocycles. The maximum atomic E-state index is 11.0. The first kappa shape index (κ1) is 22.9. The third-order valence-electron chi connectivity index (χ3n) is 3.37. The number of halogens is 3. The van der Waals surface area contributed by atoms with Crippen molar-refractivity contribution in [2.45, 2.75) is 38.8 Å². The van der Waals surface area contributed by atoms with E-state index in [0.29, 0.717) is 5.75 Å². The molecule has 5 nitrogen and oxygen atoms in total. The van der Waals surface area contributed by atoms with Crippen LogP contribution in [0, 0.1) is 10.7 Å². The van der Waals surface area contributed by atoms with Crippen molar-refractivity contribution in [3.63, 3.8) is 0 Å². The Bertz CT molecular complexity index is 826. The lowest BCUT2D eigenvalue weighted by atomic mass is 10.1. The number of nitrogens with two attached hydrogens (primary N) is 1. The molecule has 0 saturated heterocycles. The summed E-state index contributed by atoms with van der Waals surface area (Å²) in [5.41, 5.74) is 6.24. The topological polar surface area (TPSA) is 81.8 Å². The third-order valence-corrected chi connectivity index (χ3v) is 5.82. The molecular formula is C19H20I3NO4. The first-order chi connectivity index (χ1) is 12.5. The SMILES string of the molecule is CC(C)(C)Oc1ccc(Oc2c(I)cc(C[C@H](N)C(=O)O)cc2I)cc1I. The molecule has 0 fully saturated rings. The minimum Gasteiger partial charge on any atom is -0.487 e. The van der Waals surface area contributed by atoms with Crippen molar-refractivity contribution in [2.24, 2.45) is 5.73 Å². The van der Waals surface area contributed by atoms with Crippen LogP contribution in [0.3, 0.4) is 0 Å². The largest absolute Gasteiger partial charge is 0.487 e. The first-order valence-corrected chi connectivity index (χ1v) is 11.3. The van der Waals surface area contributed by atoms with Crippen LogP contribution in [0.1, 0.15) is 26.3 Å². The van der Waals surface area contributed by atoms with E-state index in [2.05, 4.69) is 67.8 Å². The van der Waals surface area contributed by atoms with E-state index >= 15 is 0 Å². The molecule has 0 heterocycles. The summed E-state index contributed by atoms with van der Waals surface area (Å²) >= 11 is 6.61. The number of carboxylic acids is 1. The van der Waals surface area contributed by atoms with E-state index in [4.69, 9.17) is 20.3 Å². The molecule has 0 bridgehead atoms. The van der Waals surface area contributed by atoms with Crippen LogP contribution >= 0.6 is 67.8 Å². The zero-order chi connectivity index (χ0) is 20.4. The Kier molecular flexibility index (Phi) is 8.02. The van der Waals surface area contributed by atoms with Gasteiger partial charge in [0.1, 0.15) is 23.1 Å². The van der Waals surface area contributed by atoms with E-state index in [9.17, 15) is 4.79 Å². The quantitative estimate of drug-likeness (QED) is 0.392. The second kappa shape index (κ2) is 9.44. The highest BCUT2D eigenvalue weighted by Gasteiger charge is 2.17. The van der Waals surface area contributed by atoms with Crippen LogP contribution in [0.4, 0.5) is 0 Å². The van der Waals surface area contributed by atoms with Crippen LogP contribution < -0.4 is 15.2 Å². The van der Waals surface area contributed by atoms with Gasteiger partial charge in [0.15, 0.2) is 5.75 Å². The van der Waals surface area contributed by atoms with Gasteiger partial charge in [0, 0.05) is 0 Å². The summed E-state index contributed by atoms with van der Waals surface area (Å²) in [7, 11) is 0.